The largest absolute Gasteiger partial charge is 0.307 e. The number of aromatic nitrogens is 3. The number of hydrogen-bond donors (Lipinski definition) is 0. The van der Waals surface area contributed by atoms with Crippen LogP contribution >= 0.6 is 23.2 Å². The van der Waals surface area contributed by atoms with Crippen molar-refractivity contribution in [3.05, 3.63) is 58.8 Å². The fraction of sp³-hybridized carbons (Fsp3) is 0.200. The molecule has 0 spiro atoms. The molecule has 0 amide bonds. The van der Waals surface area contributed by atoms with Gasteiger partial charge in [0.2, 0.25) is 0 Å². The fourth-order valence-corrected chi connectivity index (χ4v) is 2.60. The summed E-state index contributed by atoms with van der Waals surface area (Å²) in [5.74, 6) is 0.416. The minimum atomic E-state index is -0.286. The lowest BCUT2D eigenvalue weighted by atomic mass is 10.2. The van der Waals surface area contributed by atoms with Gasteiger partial charge in [-0.2, -0.15) is 0 Å². The molecule has 0 aliphatic heterocycles. The Labute approximate surface area is 131 Å². The van der Waals surface area contributed by atoms with Crippen molar-refractivity contribution in [3.63, 3.8) is 0 Å². The number of fused-ring (bicyclic) bond motifs is 1. The van der Waals surface area contributed by atoms with Crippen molar-refractivity contribution in [1.29, 1.82) is 0 Å². The van der Waals surface area contributed by atoms with Gasteiger partial charge in [-0.1, -0.05) is 23.7 Å². The summed E-state index contributed by atoms with van der Waals surface area (Å²) in [5.41, 5.74) is 2.19. The van der Waals surface area contributed by atoms with Crippen molar-refractivity contribution >= 4 is 34.4 Å². The molecule has 2 heterocycles. The molecule has 0 aliphatic carbocycles. The van der Waals surface area contributed by atoms with Crippen LogP contribution in [0.1, 0.15) is 23.7 Å². The molecule has 0 N–H and O–H groups in total. The zero-order chi connectivity index (χ0) is 15.0. The Morgan fingerprint density at radius 1 is 1.33 bits per heavy atom. The van der Waals surface area contributed by atoms with Crippen LogP contribution in [0.2, 0.25) is 5.02 Å². The van der Waals surface area contributed by atoms with E-state index in [-0.39, 0.29) is 11.2 Å². The van der Waals surface area contributed by atoms with Gasteiger partial charge in [0, 0.05) is 6.20 Å². The summed E-state index contributed by atoms with van der Waals surface area (Å²) < 4.78 is 15.2. The number of halogens is 3. The molecule has 0 radical (unpaired) electrons. The van der Waals surface area contributed by atoms with Gasteiger partial charge in [-0.3, -0.25) is 0 Å². The molecule has 3 aromatic rings. The first-order valence-corrected chi connectivity index (χ1v) is 7.26. The van der Waals surface area contributed by atoms with Crippen LogP contribution in [-0.4, -0.2) is 14.5 Å². The van der Waals surface area contributed by atoms with Crippen molar-refractivity contribution < 1.29 is 4.39 Å². The third-order valence-corrected chi connectivity index (χ3v) is 3.57. The van der Waals surface area contributed by atoms with Crippen molar-refractivity contribution in [2.75, 3.05) is 0 Å². The molecule has 3 rings (SSSR count). The van der Waals surface area contributed by atoms with Crippen molar-refractivity contribution in [3.8, 4) is 0 Å². The van der Waals surface area contributed by atoms with E-state index >= 15 is 0 Å². The molecule has 3 nitrogen and oxygen atoms in total. The van der Waals surface area contributed by atoms with E-state index in [0.717, 1.165) is 5.56 Å². The second-order valence-corrected chi connectivity index (χ2v) is 5.89. The Balaban J connectivity index is 2.13. The molecule has 0 saturated heterocycles. The van der Waals surface area contributed by atoms with E-state index in [9.17, 15) is 4.39 Å². The van der Waals surface area contributed by atoms with E-state index in [1.54, 1.807) is 18.3 Å². The van der Waals surface area contributed by atoms with Gasteiger partial charge in [0.1, 0.15) is 17.2 Å². The molecule has 0 aliphatic rings. The topological polar surface area (TPSA) is 30.7 Å². The maximum absolute atomic E-state index is 13.3. The number of alkyl halides is 1. The molecular formula is C15H12Cl2FN3. The monoisotopic (exact) mass is 323 g/mol. The smallest absolute Gasteiger partial charge is 0.160 e. The van der Waals surface area contributed by atoms with Crippen molar-refractivity contribution in [2.24, 2.45) is 0 Å². The number of rotatable bonds is 3. The quantitative estimate of drug-likeness (QED) is 0.661. The molecule has 0 fully saturated rings. The highest BCUT2D eigenvalue weighted by Gasteiger charge is 2.16. The standard InChI is InChI=1S/C15H12Cl2FN3/c1-9(16)14-20-13-6-11(17)7-19-15(13)21(14)8-10-3-2-4-12(18)5-10/h2-7,9H,8H2,1H3. The molecule has 108 valence electrons. The van der Waals surface area contributed by atoms with Gasteiger partial charge in [0.15, 0.2) is 5.65 Å². The minimum absolute atomic E-state index is 0.270. The first-order valence-electron chi connectivity index (χ1n) is 6.45. The third kappa shape index (κ3) is 2.87. The van der Waals surface area contributed by atoms with E-state index in [1.807, 2.05) is 17.6 Å². The van der Waals surface area contributed by atoms with E-state index in [0.29, 0.717) is 28.6 Å². The lowest BCUT2D eigenvalue weighted by molar-refractivity contribution is 0.622. The van der Waals surface area contributed by atoms with Gasteiger partial charge in [0.05, 0.1) is 16.9 Å². The van der Waals surface area contributed by atoms with Gasteiger partial charge >= 0.3 is 0 Å². The number of imidazole rings is 1. The highest BCUT2D eigenvalue weighted by Crippen LogP contribution is 2.26. The van der Waals surface area contributed by atoms with Crippen LogP contribution in [-0.2, 0) is 6.54 Å². The van der Waals surface area contributed by atoms with Crippen LogP contribution < -0.4 is 0 Å². The first kappa shape index (κ1) is 14.3. The van der Waals surface area contributed by atoms with E-state index in [1.165, 1.54) is 12.1 Å². The lowest BCUT2D eigenvalue weighted by Crippen LogP contribution is -2.06. The molecule has 21 heavy (non-hydrogen) atoms. The predicted molar refractivity (Wildman–Crippen MR) is 82.3 cm³/mol. The Morgan fingerprint density at radius 2 is 2.14 bits per heavy atom. The van der Waals surface area contributed by atoms with E-state index in [2.05, 4.69) is 9.97 Å². The number of pyridine rings is 1. The zero-order valence-corrected chi connectivity index (χ0v) is 12.7. The minimum Gasteiger partial charge on any atom is -0.307 e. The Bertz CT molecular complexity index is 799. The van der Waals surface area contributed by atoms with Crippen LogP contribution in [0.25, 0.3) is 11.2 Å². The number of hydrogen-bond acceptors (Lipinski definition) is 2. The Kier molecular flexibility index (Phi) is 3.83. The van der Waals surface area contributed by atoms with Crippen LogP contribution in [0.5, 0.6) is 0 Å². The molecule has 2 aromatic heterocycles. The summed E-state index contributed by atoms with van der Waals surface area (Å²) in [6.45, 7) is 2.29. The molecule has 0 saturated carbocycles. The van der Waals surface area contributed by atoms with Gasteiger partial charge < -0.3 is 4.57 Å². The fourth-order valence-electron chi connectivity index (χ4n) is 2.28. The predicted octanol–water partition coefficient (Wildman–Crippen LogP) is 4.57. The Hall–Kier alpha value is -1.65. The normalized spacial score (nSPS) is 12.8. The third-order valence-electron chi connectivity index (χ3n) is 3.17. The molecule has 1 atom stereocenters. The first-order chi connectivity index (χ1) is 10.0. The van der Waals surface area contributed by atoms with Gasteiger partial charge in [0.25, 0.3) is 0 Å². The molecule has 0 bridgehead atoms. The maximum atomic E-state index is 13.3. The summed E-state index contributed by atoms with van der Waals surface area (Å²) in [7, 11) is 0. The summed E-state index contributed by atoms with van der Waals surface area (Å²) in [6.07, 6.45) is 1.57. The van der Waals surface area contributed by atoms with E-state index < -0.39 is 0 Å². The van der Waals surface area contributed by atoms with Crippen LogP contribution in [0.3, 0.4) is 0 Å². The molecular weight excluding hydrogens is 312 g/mol. The van der Waals surface area contributed by atoms with Gasteiger partial charge in [-0.25, -0.2) is 14.4 Å². The second-order valence-electron chi connectivity index (χ2n) is 4.80. The van der Waals surface area contributed by atoms with E-state index in [4.69, 9.17) is 23.2 Å². The average molecular weight is 324 g/mol. The molecule has 6 heteroatoms. The molecule has 1 unspecified atom stereocenters. The molecule has 1 aromatic carbocycles. The number of nitrogens with zero attached hydrogens (tertiary/aromatic N) is 3. The average Bonchev–Trinajstić information content (AvgIpc) is 2.77. The lowest BCUT2D eigenvalue weighted by Gasteiger charge is -2.10. The Morgan fingerprint density at radius 3 is 2.86 bits per heavy atom. The summed E-state index contributed by atoms with van der Waals surface area (Å²) in [6, 6.07) is 8.18. The maximum Gasteiger partial charge on any atom is 0.160 e. The SMILES string of the molecule is CC(Cl)c1nc2cc(Cl)cnc2n1Cc1cccc(F)c1. The highest BCUT2D eigenvalue weighted by atomic mass is 35.5. The van der Waals surface area contributed by atoms with Crippen molar-refractivity contribution in [2.45, 2.75) is 18.8 Å². The van der Waals surface area contributed by atoms with Gasteiger partial charge in [-0.15, -0.1) is 11.6 Å². The van der Waals surface area contributed by atoms with Crippen LogP contribution in [0, 0.1) is 5.82 Å². The van der Waals surface area contributed by atoms with Crippen molar-refractivity contribution in [1.82, 2.24) is 14.5 Å². The van der Waals surface area contributed by atoms with Crippen LogP contribution in [0.4, 0.5) is 4.39 Å². The summed E-state index contributed by atoms with van der Waals surface area (Å²) in [4.78, 5) is 8.80. The zero-order valence-electron chi connectivity index (χ0n) is 11.2. The second kappa shape index (κ2) is 5.62. The van der Waals surface area contributed by atoms with Crippen LogP contribution in [0.15, 0.2) is 36.5 Å². The van der Waals surface area contributed by atoms with Gasteiger partial charge in [-0.05, 0) is 30.7 Å². The summed E-state index contributed by atoms with van der Waals surface area (Å²) >= 11 is 12.1. The number of benzene rings is 1. The highest BCUT2D eigenvalue weighted by molar-refractivity contribution is 6.31. The summed E-state index contributed by atoms with van der Waals surface area (Å²) in [5, 5.41) is 0.234.